The standard InChI is InChI=1S/C18H24N2O4/c1-13-4-7-18(24-13)11-20(3)10-16(22)12-23-17-8-5-15(6-9-17)19-14(2)21/h4-9,16,22H,10-12H2,1-3H3,(H,19,21). The van der Waals surface area contributed by atoms with Crippen molar-refractivity contribution < 1.29 is 19.1 Å². The Bertz CT molecular complexity index is 651. The number of furan rings is 1. The molecule has 0 aliphatic heterocycles. The zero-order valence-corrected chi connectivity index (χ0v) is 14.3. The minimum atomic E-state index is -0.610. The van der Waals surface area contributed by atoms with Crippen LogP contribution in [0.2, 0.25) is 0 Å². The van der Waals surface area contributed by atoms with Crippen molar-refractivity contribution in [2.45, 2.75) is 26.5 Å². The highest BCUT2D eigenvalue weighted by Crippen LogP contribution is 2.16. The molecule has 0 fully saturated rings. The predicted octanol–water partition coefficient (Wildman–Crippen LogP) is 2.42. The molecule has 0 saturated carbocycles. The maximum absolute atomic E-state index is 11.0. The SMILES string of the molecule is CC(=O)Nc1ccc(OCC(O)CN(C)Cc2ccc(C)o2)cc1. The summed E-state index contributed by atoms with van der Waals surface area (Å²) in [7, 11) is 1.92. The first-order chi connectivity index (χ1) is 11.4. The van der Waals surface area contributed by atoms with Crippen molar-refractivity contribution in [3.63, 3.8) is 0 Å². The summed E-state index contributed by atoms with van der Waals surface area (Å²) in [5, 5.41) is 12.8. The minimum absolute atomic E-state index is 0.117. The number of amides is 1. The largest absolute Gasteiger partial charge is 0.491 e. The molecule has 6 heteroatoms. The Morgan fingerprint density at radius 1 is 1.29 bits per heavy atom. The number of ether oxygens (including phenoxy) is 1. The molecule has 0 spiro atoms. The molecule has 1 heterocycles. The molecule has 0 bridgehead atoms. The lowest BCUT2D eigenvalue weighted by Crippen LogP contribution is -2.32. The van der Waals surface area contributed by atoms with Crippen molar-refractivity contribution >= 4 is 11.6 Å². The molecule has 1 aromatic heterocycles. The maximum Gasteiger partial charge on any atom is 0.221 e. The van der Waals surface area contributed by atoms with Gasteiger partial charge in [-0.2, -0.15) is 0 Å². The number of hydrogen-bond acceptors (Lipinski definition) is 5. The number of hydrogen-bond donors (Lipinski definition) is 2. The van der Waals surface area contributed by atoms with Crippen LogP contribution < -0.4 is 10.1 Å². The predicted molar refractivity (Wildman–Crippen MR) is 92.0 cm³/mol. The van der Waals surface area contributed by atoms with E-state index in [0.29, 0.717) is 24.5 Å². The molecule has 130 valence electrons. The molecule has 2 rings (SSSR count). The highest BCUT2D eigenvalue weighted by molar-refractivity contribution is 5.88. The van der Waals surface area contributed by atoms with Crippen LogP contribution in [0.3, 0.4) is 0 Å². The van der Waals surface area contributed by atoms with Gasteiger partial charge in [0.1, 0.15) is 30.0 Å². The van der Waals surface area contributed by atoms with Gasteiger partial charge in [0.25, 0.3) is 0 Å². The van der Waals surface area contributed by atoms with Crippen LogP contribution in [0.15, 0.2) is 40.8 Å². The maximum atomic E-state index is 11.0. The number of carbonyl (C=O) groups excluding carboxylic acids is 1. The second-order valence-corrected chi connectivity index (χ2v) is 5.88. The third-order valence-electron chi connectivity index (χ3n) is 3.36. The van der Waals surface area contributed by atoms with Crippen molar-refractivity contribution in [2.24, 2.45) is 0 Å². The minimum Gasteiger partial charge on any atom is -0.491 e. The van der Waals surface area contributed by atoms with Crippen LogP contribution in [0.25, 0.3) is 0 Å². The molecule has 0 saturated heterocycles. The number of carbonyl (C=O) groups is 1. The number of rotatable bonds is 8. The number of aliphatic hydroxyl groups is 1. The van der Waals surface area contributed by atoms with Gasteiger partial charge >= 0.3 is 0 Å². The number of nitrogens with one attached hydrogen (secondary N) is 1. The summed E-state index contributed by atoms with van der Waals surface area (Å²) in [5.74, 6) is 2.28. The normalized spacial score (nSPS) is 12.2. The van der Waals surface area contributed by atoms with Crippen LogP contribution in [0, 0.1) is 6.92 Å². The number of aryl methyl sites for hydroxylation is 1. The van der Waals surface area contributed by atoms with E-state index in [0.717, 1.165) is 11.5 Å². The Labute approximate surface area is 142 Å². The lowest BCUT2D eigenvalue weighted by Gasteiger charge is -2.20. The Hall–Kier alpha value is -2.31. The Kier molecular flexibility index (Phi) is 6.40. The molecule has 2 N–H and O–H groups in total. The van der Waals surface area contributed by atoms with Crippen molar-refractivity contribution in [1.82, 2.24) is 4.90 Å². The van der Waals surface area contributed by atoms with Gasteiger partial charge in [0, 0.05) is 19.2 Å². The van der Waals surface area contributed by atoms with E-state index in [-0.39, 0.29) is 12.5 Å². The zero-order valence-electron chi connectivity index (χ0n) is 14.3. The number of nitrogens with zero attached hydrogens (tertiary/aromatic N) is 1. The topological polar surface area (TPSA) is 74.9 Å². The van der Waals surface area contributed by atoms with E-state index >= 15 is 0 Å². The molecule has 1 aromatic carbocycles. The van der Waals surface area contributed by atoms with E-state index in [9.17, 15) is 9.90 Å². The lowest BCUT2D eigenvalue weighted by atomic mass is 10.3. The molecule has 1 amide bonds. The summed E-state index contributed by atoms with van der Waals surface area (Å²) in [6, 6.07) is 10.9. The van der Waals surface area contributed by atoms with E-state index in [1.165, 1.54) is 6.92 Å². The highest BCUT2D eigenvalue weighted by Gasteiger charge is 2.11. The highest BCUT2D eigenvalue weighted by atomic mass is 16.5. The third kappa shape index (κ3) is 6.06. The Balaban J connectivity index is 1.73. The van der Waals surface area contributed by atoms with Gasteiger partial charge in [0.15, 0.2) is 0 Å². The molecular weight excluding hydrogens is 308 g/mol. The monoisotopic (exact) mass is 332 g/mol. The molecule has 1 atom stereocenters. The Morgan fingerprint density at radius 3 is 2.58 bits per heavy atom. The number of likely N-dealkylation sites (N-methyl/N-ethyl adjacent to an activating group) is 1. The van der Waals surface area contributed by atoms with Gasteiger partial charge in [0.05, 0.1) is 6.54 Å². The van der Waals surface area contributed by atoms with Gasteiger partial charge in [-0.25, -0.2) is 0 Å². The van der Waals surface area contributed by atoms with Crippen LogP contribution in [0.1, 0.15) is 18.4 Å². The van der Waals surface area contributed by atoms with E-state index in [1.807, 2.05) is 31.0 Å². The van der Waals surface area contributed by atoms with Gasteiger partial charge in [-0.15, -0.1) is 0 Å². The van der Waals surface area contributed by atoms with Crippen LogP contribution >= 0.6 is 0 Å². The number of aliphatic hydroxyl groups excluding tert-OH is 1. The van der Waals surface area contributed by atoms with Crippen LogP contribution in [-0.2, 0) is 11.3 Å². The van der Waals surface area contributed by atoms with Crippen molar-refractivity contribution in [2.75, 3.05) is 25.5 Å². The van der Waals surface area contributed by atoms with E-state index in [2.05, 4.69) is 5.32 Å². The molecule has 24 heavy (non-hydrogen) atoms. The molecule has 0 aliphatic carbocycles. The van der Waals surface area contributed by atoms with Gasteiger partial charge < -0.3 is 19.6 Å². The smallest absolute Gasteiger partial charge is 0.221 e. The fourth-order valence-corrected chi connectivity index (χ4v) is 2.34. The molecule has 0 radical (unpaired) electrons. The number of anilines is 1. The summed E-state index contributed by atoms with van der Waals surface area (Å²) >= 11 is 0. The van der Waals surface area contributed by atoms with Gasteiger partial charge in [-0.1, -0.05) is 0 Å². The van der Waals surface area contributed by atoms with Gasteiger partial charge in [-0.3, -0.25) is 9.69 Å². The average molecular weight is 332 g/mol. The van der Waals surface area contributed by atoms with Gasteiger partial charge in [0.2, 0.25) is 5.91 Å². The first kappa shape index (κ1) is 18.0. The second kappa shape index (κ2) is 8.52. The van der Waals surface area contributed by atoms with Crippen molar-refractivity contribution in [1.29, 1.82) is 0 Å². The molecule has 2 aromatic rings. The van der Waals surface area contributed by atoms with Crippen LogP contribution in [-0.4, -0.2) is 42.2 Å². The average Bonchev–Trinajstić information content (AvgIpc) is 2.91. The summed E-state index contributed by atoms with van der Waals surface area (Å²) < 4.78 is 11.1. The van der Waals surface area contributed by atoms with Crippen molar-refractivity contribution in [3.05, 3.63) is 47.9 Å². The van der Waals surface area contributed by atoms with E-state index in [4.69, 9.17) is 9.15 Å². The van der Waals surface area contributed by atoms with E-state index in [1.54, 1.807) is 24.3 Å². The third-order valence-corrected chi connectivity index (χ3v) is 3.36. The summed E-state index contributed by atoms with van der Waals surface area (Å²) in [6.45, 7) is 4.67. The van der Waals surface area contributed by atoms with E-state index < -0.39 is 6.10 Å². The molecular formula is C18H24N2O4. The first-order valence-corrected chi connectivity index (χ1v) is 7.85. The first-order valence-electron chi connectivity index (χ1n) is 7.85. The fourth-order valence-electron chi connectivity index (χ4n) is 2.34. The fraction of sp³-hybridized carbons (Fsp3) is 0.389. The summed E-state index contributed by atoms with van der Waals surface area (Å²) in [4.78, 5) is 12.9. The summed E-state index contributed by atoms with van der Waals surface area (Å²) in [5.41, 5.74) is 0.712. The van der Waals surface area contributed by atoms with Crippen LogP contribution in [0.5, 0.6) is 5.75 Å². The van der Waals surface area contributed by atoms with Gasteiger partial charge in [-0.05, 0) is 50.4 Å². The lowest BCUT2D eigenvalue weighted by molar-refractivity contribution is -0.114. The van der Waals surface area contributed by atoms with Crippen molar-refractivity contribution in [3.8, 4) is 5.75 Å². The number of benzene rings is 1. The quantitative estimate of drug-likeness (QED) is 0.776. The second-order valence-electron chi connectivity index (χ2n) is 5.88. The van der Waals surface area contributed by atoms with Crippen LogP contribution in [0.4, 0.5) is 5.69 Å². The molecule has 6 nitrogen and oxygen atoms in total. The Morgan fingerprint density at radius 2 is 2.00 bits per heavy atom. The summed E-state index contributed by atoms with van der Waals surface area (Å²) in [6.07, 6.45) is -0.610. The molecule has 0 aliphatic rings. The zero-order chi connectivity index (χ0) is 17.5. The molecule has 1 unspecified atom stereocenters.